The lowest BCUT2D eigenvalue weighted by Crippen LogP contribution is -2.22. The quantitative estimate of drug-likeness (QED) is 0.695. The Bertz CT molecular complexity index is 791. The molecule has 2 N–H and O–H groups in total. The van der Waals surface area contributed by atoms with Gasteiger partial charge in [0.15, 0.2) is 17.3 Å². The van der Waals surface area contributed by atoms with Crippen LogP contribution in [0.1, 0.15) is 25.0 Å². The maximum atomic E-state index is 14.7. The molecule has 0 unspecified atom stereocenters. The number of rotatable bonds is 8. The van der Waals surface area contributed by atoms with Gasteiger partial charge in [0.05, 0.1) is 19.4 Å². The monoisotopic (exact) mass is 389 g/mol. The predicted octanol–water partition coefficient (Wildman–Crippen LogP) is 3.15. The Morgan fingerprint density at radius 1 is 1.18 bits per heavy atom. The van der Waals surface area contributed by atoms with Crippen LogP contribution in [0.4, 0.5) is 21.8 Å². The number of hydrogen-bond acceptors (Lipinski definition) is 7. The van der Waals surface area contributed by atoms with Gasteiger partial charge < -0.3 is 25.0 Å². The molecule has 0 saturated carbocycles. The Labute approximate surface area is 165 Å². The molecule has 2 aromatic rings. The molecule has 1 saturated heterocycles. The largest absolute Gasteiger partial charge is 0.493 e. The fourth-order valence-electron chi connectivity index (χ4n) is 3.36. The smallest absolute Gasteiger partial charge is 0.231 e. The van der Waals surface area contributed by atoms with Gasteiger partial charge in [-0.1, -0.05) is 0 Å². The highest BCUT2D eigenvalue weighted by atomic mass is 19.1. The topological polar surface area (TPSA) is 76.7 Å². The number of methoxy groups -OCH3 is 1. The Morgan fingerprint density at radius 2 is 1.93 bits per heavy atom. The van der Waals surface area contributed by atoms with Crippen molar-refractivity contribution < 1.29 is 13.9 Å². The summed E-state index contributed by atoms with van der Waals surface area (Å²) in [5.74, 6) is 1.06. The summed E-state index contributed by atoms with van der Waals surface area (Å²) in [6, 6.07) is 4.60. The van der Waals surface area contributed by atoms with Crippen LogP contribution in [0.25, 0.3) is 0 Å². The number of halogens is 1. The van der Waals surface area contributed by atoms with E-state index in [-0.39, 0.29) is 0 Å². The second-order valence-corrected chi connectivity index (χ2v) is 7.00. The molecule has 28 heavy (non-hydrogen) atoms. The summed E-state index contributed by atoms with van der Waals surface area (Å²) < 4.78 is 25.9. The van der Waals surface area contributed by atoms with Gasteiger partial charge in [0.1, 0.15) is 5.82 Å². The zero-order chi connectivity index (χ0) is 20.1. The first-order valence-corrected chi connectivity index (χ1v) is 9.55. The van der Waals surface area contributed by atoms with E-state index in [4.69, 9.17) is 15.2 Å². The summed E-state index contributed by atoms with van der Waals surface area (Å²) in [5, 5.41) is 0. The molecule has 8 heteroatoms. The number of nitrogens with zero attached hydrogens (tertiary/aromatic N) is 4. The molecular weight excluding hydrogens is 361 g/mol. The fraction of sp³-hybridized carbons (Fsp3) is 0.500. The van der Waals surface area contributed by atoms with Crippen molar-refractivity contribution in [2.75, 3.05) is 51.0 Å². The van der Waals surface area contributed by atoms with Crippen molar-refractivity contribution in [2.45, 2.75) is 26.2 Å². The Balaban J connectivity index is 1.74. The standard InChI is InChI=1S/C20H28FN5O2/c1-14-11-19(22)24-20(23-14)25(2)16-13-18(17(27-3)12-15(16)21)28-10-6-9-26-7-4-5-8-26/h11-13H,4-10H2,1-3H3,(H2,22,23,24). The van der Waals surface area contributed by atoms with E-state index in [1.807, 2.05) is 6.92 Å². The van der Waals surface area contributed by atoms with E-state index in [2.05, 4.69) is 14.9 Å². The van der Waals surface area contributed by atoms with Crippen LogP contribution in [0.15, 0.2) is 18.2 Å². The van der Waals surface area contributed by atoms with Crippen LogP contribution in [-0.4, -0.2) is 55.3 Å². The third-order valence-electron chi connectivity index (χ3n) is 4.83. The van der Waals surface area contributed by atoms with Crippen LogP contribution < -0.4 is 20.1 Å². The van der Waals surface area contributed by atoms with E-state index in [9.17, 15) is 4.39 Å². The van der Waals surface area contributed by atoms with E-state index in [0.717, 1.165) is 26.1 Å². The van der Waals surface area contributed by atoms with E-state index >= 15 is 0 Å². The first-order valence-electron chi connectivity index (χ1n) is 9.55. The zero-order valence-electron chi connectivity index (χ0n) is 16.7. The van der Waals surface area contributed by atoms with E-state index in [0.29, 0.717) is 41.3 Å². The third-order valence-corrected chi connectivity index (χ3v) is 4.83. The Kier molecular flexibility index (Phi) is 6.51. The number of hydrogen-bond donors (Lipinski definition) is 1. The zero-order valence-corrected chi connectivity index (χ0v) is 16.7. The molecule has 0 aliphatic carbocycles. The average Bonchev–Trinajstić information content (AvgIpc) is 3.18. The van der Waals surface area contributed by atoms with Gasteiger partial charge in [0.25, 0.3) is 0 Å². The molecule has 0 atom stereocenters. The molecule has 1 aromatic carbocycles. The van der Waals surface area contributed by atoms with E-state index < -0.39 is 5.82 Å². The molecule has 1 aliphatic rings. The maximum absolute atomic E-state index is 14.7. The Hall–Kier alpha value is -2.61. The van der Waals surface area contributed by atoms with Gasteiger partial charge in [-0.2, -0.15) is 4.98 Å². The van der Waals surface area contributed by atoms with E-state index in [1.165, 1.54) is 26.0 Å². The van der Waals surface area contributed by atoms with Gasteiger partial charge in [-0.25, -0.2) is 9.37 Å². The number of aryl methyl sites for hydroxylation is 1. The minimum absolute atomic E-state index is 0.292. The number of benzene rings is 1. The van der Waals surface area contributed by atoms with Crippen LogP contribution in [0.3, 0.4) is 0 Å². The third kappa shape index (κ3) is 4.81. The number of aromatic nitrogens is 2. The molecular formula is C20H28FN5O2. The van der Waals surface area contributed by atoms with Crippen molar-refractivity contribution in [3.63, 3.8) is 0 Å². The maximum Gasteiger partial charge on any atom is 0.231 e. The SMILES string of the molecule is COc1cc(F)c(N(C)c2nc(C)cc(N)n2)cc1OCCCN1CCCC1. The average molecular weight is 389 g/mol. The number of nitrogens with two attached hydrogens (primary N) is 1. The molecule has 7 nitrogen and oxygen atoms in total. The number of nitrogen functional groups attached to an aromatic ring is 1. The molecule has 152 valence electrons. The van der Waals surface area contributed by atoms with Crippen LogP contribution in [-0.2, 0) is 0 Å². The minimum Gasteiger partial charge on any atom is -0.493 e. The minimum atomic E-state index is -0.451. The van der Waals surface area contributed by atoms with Crippen LogP contribution in [0.5, 0.6) is 11.5 Å². The summed E-state index contributed by atoms with van der Waals surface area (Å²) in [6.07, 6.45) is 3.45. The van der Waals surface area contributed by atoms with Crippen molar-refractivity contribution in [3.05, 3.63) is 29.7 Å². The van der Waals surface area contributed by atoms with E-state index in [1.54, 1.807) is 24.1 Å². The van der Waals surface area contributed by atoms with Gasteiger partial charge in [0.2, 0.25) is 5.95 Å². The highest BCUT2D eigenvalue weighted by molar-refractivity contribution is 5.63. The second kappa shape index (κ2) is 9.05. The molecule has 1 aromatic heterocycles. The van der Waals surface area contributed by atoms with Gasteiger partial charge >= 0.3 is 0 Å². The number of ether oxygens (including phenoxy) is 2. The molecule has 0 bridgehead atoms. The molecule has 0 spiro atoms. The fourth-order valence-corrected chi connectivity index (χ4v) is 3.36. The molecule has 2 heterocycles. The van der Waals surface area contributed by atoms with Crippen molar-refractivity contribution in [3.8, 4) is 11.5 Å². The van der Waals surface area contributed by atoms with Crippen molar-refractivity contribution >= 4 is 17.5 Å². The lowest BCUT2D eigenvalue weighted by molar-refractivity contribution is 0.254. The lowest BCUT2D eigenvalue weighted by Gasteiger charge is -2.21. The lowest BCUT2D eigenvalue weighted by atomic mass is 10.2. The molecule has 0 radical (unpaired) electrons. The second-order valence-electron chi connectivity index (χ2n) is 7.00. The molecule has 1 aliphatic heterocycles. The van der Waals surface area contributed by atoms with Gasteiger partial charge in [-0.05, 0) is 39.3 Å². The summed E-state index contributed by atoms with van der Waals surface area (Å²) >= 11 is 0. The normalized spacial score (nSPS) is 14.3. The van der Waals surface area contributed by atoms with Crippen molar-refractivity contribution in [1.82, 2.24) is 14.9 Å². The summed E-state index contributed by atoms with van der Waals surface area (Å²) in [6.45, 7) is 5.68. The van der Waals surface area contributed by atoms with Crippen molar-refractivity contribution in [1.29, 1.82) is 0 Å². The first-order chi connectivity index (χ1) is 13.5. The Morgan fingerprint density at radius 3 is 2.61 bits per heavy atom. The number of anilines is 3. The summed E-state index contributed by atoms with van der Waals surface area (Å²) in [7, 11) is 3.19. The predicted molar refractivity (Wildman–Crippen MR) is 108 cm³/mol. The molecule has 1 fully saturated rings. The van der Waals surface area contributed by atoms with Crippen LogP contribution in [0.2, 0.25) is 0 Å². The highest BCUT2D eigenvalue weighted by Crippen LogP contribution is 2.36. The molecule has 3 rings (SSSR count). The van der Waals surface area contributed by atoms with Gasteiger partial charge in [-0.3, -0.25) is 0 Å². The first kappa shape index (κ1) is 20.1. The van der Waals surface area contributed by atoms with Crippen molar-refractivity contribution in [2.24, 2.45) is 0 Å². The van der Waals surface area contributed by atoms with Gasteiger partial charge in [-0.15, -0.1) is 0 Å². The van der Waals surface area contributed by atoms with Crippen LogP contribution >= 0.6 is 0 Å². The van der Waals surface area contributed by atoms with Gasteiger partial charge in [0, 0.05) is 37.5 Å². The summed E-state index contributed by atoms with van der Waals surface area (Å²) in [5.41, 5.74) is 6.80. The number of likely N-dealkylation sites (tertiary alicyclic amines) is 1. The summed E-state index contributed by atoms with van der Waals surface area (Å²) in [4.78, 5) is 12.5. The highest BCUT2D eigenvalue weighted by Gasteiger charge is 2.18. The van der Waals surface area contributed by atoms with Crippen LogP contribution in [0, 0.1) is 12.7 Å². The molecule has 0 amide bonds.